The Labute approximate surface area is 115 Å². The number of piperidine rings is 1. The van der Waals surface area contributed by atoms with Gasteiger partial charge in [0, 0.05) is 25.7 Å². The molecule has 1 aliphatic rings. The molecule has 0 aromatic heterocycles. The van der Waals surface area contributed by atoms with Crippen molar-refractivity contribution in [3.8, 4) is 0 Å². The summed E-state index contributed by atoms with van der Waals surface area (Å²) in [6.45, 7) is 10.4. The largest absolute Gasteiger partial charge is 0.444 e. The number of rotatable bonds is 3. The first-order valence-electron chi connectivity index (χ1n) is 6.97. The summed E-state index contributed by atoms with van der Waals surface area (Å²) in [7, 11) is 0. The van der Waals surface area contributed by atoms with Crippen LogP contribution in [0.4, 0.5) is 9.18 Å². The van der Waals surface area contributed by atoms with Crippen molar-refractivity contribution in [2.45, 2.75) is 64.8 Å². The van der Waals surface area contributed by atoms with Gasteiger partial charge < -0.3 is 15.0 Å². The molecule has 5 heteroatoms. The third-order valence-electron chi connectivity index (χ3n) is 2.96. The van der Waals surface area contributed by atoms with E-state index in [1.165, 1.54) is 0 Å². The summed E-state index contributed by atoms with van der Waals surface area (Å²) in [6.07, 6.45) is 1.43. The maximum absolute atomic E-state index is 13.4. The van der Waals surface area contributed by atoms with Crippen LogP contribution in [0.5, 0.6) is 0 Å². The van der Waals surface area contributed by atoms with Crippen LogP contribution >= 0.6 is 0 Å². The molecule has 0 aromatic carbocycles. The van der Waals surface area contributed by atoms with Gasteiger partial charge in [0.05, 0.1) is 0 Å². The lowest BCUT2D eigenvalue weighted by molar-refractivity contribution is 0.0194. The number of alkyl halides is 1. The molecule has 1 saturated heterocycles. The topological polar surface area (TPSA) is 41.6 Å². The third kappa shape index (κ3) is 6.76. The van der Waals surface area contributed by atoms with Gasteiger partial charge in [-0.1, -0.05) is 0 Å². The second kappa shape index (κ2) is 6.07. The van der Waals surface area contributed by atoms with Crippen molar-refractivity contribution in [1.82, 2.24) is 10.2 Å². The Hall–Kier alpha value is -0.840. The highest BCUT2D eigenvalue weighted by molar-refractivity contribution is 5.68. The summed E-state index contributed by atoms with van der Waals surface area (Å²) in [5, 5.41) is 3.22. The smallest absolute Gasteiger partial charge is 0.410 e. The van der Waals surface area contributed by atoms with Crippen molar-refractivity contribution >= 4 is 6.09 Å². The van der Waals surface area contributed by atoms with Crippen LogP contribution in [0.3, 0.4) is 0 Å². The molecular weight excluding hydrogens is 247 g/mol. The van der Waals surface area contributed by atoms with Crippen LogP contribution in [0, 0.1) is 0 Å². The van der Waals surface area contributed by atoms with Crippen LogP contribution in [-0.4, -0.2) is 47.9 Å². The molecule has 1 rings (SSSR count). The molecule has 4 nitrogen and oxygen atoms in total. The van der Waals surface area contributed by atoms with Crippen molar-refractivity contribution in [2.75, 3.05) is 19.6 Å². The number of nitrogens with zero attached hydrogens (tertiary/aromatic N) is 1. The molecule has 1 aliphatic heterocycles. The van der Waals surface area contributed by atoms with E-state index in [-0.39, 0.29) is 12.1 Å². The van der Waals surface area contributed by atoms with Gasteiger partial charge >= 0.3 is 6.09 Å². The van der Waals surface area contributed by atoms with E-state index in [1.807, 2.05) is 20.8 Å². The molecule has 1 N–H and O–H groups in total. The molecule has 0 spiro atoms. The fraction of sp³-hybridized carbons (Fsp3) is 0.929. The number of nitrogens with one attached hydrogen (secondary N) is 1. The van der Waals surface area contributed by atoms with Gasteiger partial charge in [0.25, 0.3) is 0 Å². The summed E-state index contributed by atoms with van der Waals surface area (Å²) in [5.41, 5.74) is -1.65. The maximum atomic E-state index is 13.4. The van der Waals surface area contributed by atoms with E-state index in [0.29, 0.717) is 19.6 Å². The standard InChI is InChI=1S/C14H27FN2O2/c1-13(2,3)19-12(18)17-8-6-11(7-9-17)16-10-14(4,5)15/h11,16H,6-10H2,1-5H3. The summed E-state index contributed by atoms with van der Waals surface area (Å²) >= 11 is 0. The van der Waals surface area contributed by atoms with Crippen molar-refractivity contribution in [2.24, 2.45) is 0 Å². The Morgan fingerprint density at radius 2 is 1.79 bits per heavy atom. The number of hydrogen-bond acceptors (Lipinski definition) is 3. The second-order valence-corrected chi connectivity index (χ2v) is 6.84. The van der Waals surface area contributed by atoms with Crippen LogP contribution in [0.25, 0.3) is 0 Å². The molecule has 112 valence electrons. The highest BCUT2D eigenvalue weighted by Crippen LogP contribution is 2.16. The number of carbonyl (C=O) groups is 1. The highest BCUT2D eigenvalue weighted by atomic mass is 19.1. The summed E-state index contributed by atoms with van der Waals surface area (Å²) < 4.78 is 18.7. The van der Waals surface area contributed by atoms with Gasteiger partial charge in [-0.25, -0.2) is 9.18 Å². The molecule has 0 radical (unpaired) electrons. The number of halogens is 1. The quantitative estimate of drug-likeness (QED) is 0.860. The molecule has 19 heavy (non-hydrogen) atoms. The minimum absolute atomic E-state index is 0.253. The van der Waals surface area contributed by atoms with Crippen molar-refractivity contribution < 1.29 is 13.9 Å². The van der Waals surface area contributed by atoms with Crippen LogP contribution in [-0.2, 0) is 4.74 Å². The minimum atomic E-state index is -1.19. The predicted octanol–water partition coefficient (Wildman–Crippen LogP) is 2.72. The molecule has 1 heterocycles. The van der Waals surface area contributed by atoms with Gasteiger partial charge in [0.1, 0.15) is 11.3 Å². The Bertz CT molecular complexity index is 300. The predicted molar refractivity (Wildman–Crippen MR) is 74.0 cm³/mol. The second-order valence-electron chi connectivity index (χ2n) is 6.84. The fourth-order valence-electron chi connectivity index (χ4n) is 1.98. The molecule has 0 aliphatic carbocycles. The molecule has 0 saturated carbocycles. The van der Waals surface area contributed by atoms with Crippen molar-refractivity contribution in [3.05, 3.63) is 0 Å². The third-order valence-corrected chi connectivity index (χ3v) is 2.96. The van der Waals surface area contributed by atoms with Crippen molar-refractivity contribution in [3.63, 3.8) is 0 Å². The number of carbonyl (C=O) groups excluding carboxylic acids is 1. The van der Waals surface area contributed by atoms with Crippen LogP contribution in [0.2, 0.25) is 0 Å². The van der Waals surface area contributed by atoms with Gasteiger partial charge in [-0.05, 0) is 47.5 Å². The Morgan fingerprint density at radius 1 is 1.26 bits per heavy atom. The van der Waals surface area contributed by atoms with E-state index in [1.54, 1.807) is 18.7 Å². The SMILES string of the molecule is CC(C)(F)CNC1CCN(C(=O)OC(C)(C)C)CC1. The zero-order valence-electron chi connectivity index (χ0n) is 12.8. The first-order valence-corrected chi connectivity index (χ1v) is 6.97. The molecule has 0 atom stereocenters. The lowest BCUT2D eigenvalue weighted by atomic mass is 10.0. The first-order chi connectivity index (χ1) is 8.57. The van der Waals surface area contributed by atoms with E-state index in [9.17, 15) is 9.18 Å². The molecule has 0 bridgehead atoms. The fourth-order valence-corrected chi connectivity index (χ4v) is 1.98. The Balaban J connectivity index is 2.31. The zero-order valence-corrected chi connectivity index (χ0v) is 12.8. The van der Waals surface area contributed by atoms with E-state index < -0.39 is 11.3 Å². The summed E-state index contributed by atoms with van der Waals surface area (Å²) in [5.74, 6) is 0. The molecule has 0 unspecified atom stereocenters. The summed E-state index contributed by atoms with van der Waals surface area (Å²) in [4.78, 5) is 13.6. The van der Waals surface area contributed by atoms with Crippen LogP contribution in [0.15, 0.2) is 0 Å². The average molecular weight is 274 g/mol. The van der Waals surface area contributed by atoms with E-state index >= 15 is 0 Å². The summed E-state index contributed by atoms with van der Waals surface area (Å²) in [6, 6.07) is 0.286. The lowest BCUT2D eigenvalue weighted by Crippen LogP contribution is -2.48. The van der Waals surface area contributed by atoms with Gasteiger partial charge in [-0.15, -0.1) is 0 Å². The molecular formula is C14H27FN2O2. The van der Waals surface area contributed by atoms with Crippen LogP contribution in [0.1, 0.15) is 47.5 Å². The van der Waals surface area contributed by atoms with E-state index in [2.05, 4.69) is 5.32 Å². The zero-order chi connectivity index (χ0) is 14.7. The number of likely N-dealkylation sites (tertiary alicyclic amines) is 1. The van der Waals surface area contributed by atoms with E-state index in [0.717, 1.165) is 12.8 Å². The monoisotopic (exact) mass is 274 g/mol. The van der Waals surface area contributed by atoms with Gasteiger partial charge in [-0.2, -0.15) is 0 Å². The van der Waals surface area contributed by atoms with Crippen LogP contribution < -0.4 is 5.32 Å². The average Bonchev–Trinajstić information content (AvgIpc) is 2.23. The van der Waals surface area contributed by atoms with Crippen molar-refractivity contribution in [1.29, 1.82) is 0 Å². The number of amides is 1. The molecule has 1 fully saturated rings. The normalized spacial score (nSPS) is 18.5. The molecule has 0 aromatic rings. The van der Waals surface area contributed by atoms with E-state index in [4.69, 9.17) is 4.74 Å². The molecule has 1 amide bonds. The number of ether oxygens (including phenoxy) is 1. The Morgan fingerprint density at radius 3 is 2.21 bits per heavy atom. The first kappa shape index (κ1) is 16.2. The van der Waals surface area contributed by atoms with Gasteiger partial charge in [0.15, 0.2) is 0 Å². The highest BCUT2D eigenvalue weighted by Gasteiger charge is 2.27. The van der Waals surface area contributed by atoms with Gasteiger partial charge in [-0.3, -0.25) is 0 Å². The Kier molecular flexibility index (Phi) is 5.18. The lowest BCUT2D eigenvalue weighted by Gasteiger charge is -2.34. The van der Waals surface area contributed by atoms with Gasteiger partial charge in [0.2, 0.25) is 0 Å². The maximum Gasteiger partial charge on any atom is 0.410 e. The number of hydrogen-bond donors (Lipinski definition) is 1. The minimum Gasteiger partial charge on any atom is -0.444 e.